The van der Waals surface area contributed by atoms with Gasteiger partial charge in [-0.1, -0.05) is 24.3 Å². The average molecular weight is 242 g/mol. The van der Waals surface area contributed by atoms with Crippen molar-refractivity contribution in [2.24, 2.45) is 0 Å². The first kappa shape index (κ1) is 14.2. The van der Waals surface area contributed by atoms with E-state index in [9.17, 15) is 9.59 Å². The van der Waals surface area contributed by atoms with Gasteiger partial charge in [-0.25, -0.2) is 0 Å². The Hall–Kier alpha value is -1.88. The fraction of sp³-hybridized carbons (Fsp3) is 0.375. The Kier molecular flexibility index (Phi) is 5.87. The van der Waals surface area contributed by atoms with Crippen LogP contribution in [0.5, 0.6) is 0 Å². The third-order valence-electron chi connectivity index (χ3n) is 3.08. The summed E-state index contributed by atoms with van der Waals surface area (Å²) in [6, 6.07) is 0. The quantitative estimate of drug-likeness (QED) is 0.560. The maximum Gasteiger partial charge on any atom is 0.159 e. The lowest BCUT2D eigenvalue weighted by atomic mass is 10.1. The Morgan fingerprint density at radius 1 is 0.889 bits per heavy atom. The van der Waals surface area contributed by atoms with Gasteiger partial charge in [0.2, 0.25) is 0 Å². The van der Waals surface area contributed by atoms with E-state index in [1.54, 1.807) is 0 Å². The summed E-state index contributed by atoms with van der Waals surface area (Å²) in [6.07, 6.45) is 20.6. The van der Waals surface area contributed by atoms with Crippen molar-refractivity contribution in [1.29, 1.82) is 0 Å². The summed E-state index contributed by atoms with van der Waals surface area (Å²) in [5.41, 5.74) is 1.87. The fourth-order valence-corrected chi connectivity index (χ4v) is 2.12. The van der Waals surface area contributed by atoms with E-state index in [0.717, 1.165) is 36.8 Å². The summed E-state index contributed by atoms with van der Waals surface area (Å²) < 4.78 is 0. The highest BCUT2D eigenvalue weighted by Gasteiger charge is 2.14. The van der Waals surface area contributed by atoms with E-state index in [4.69, 9.17) is 0 Å². The van der Waals surface area contributed by atoms with Gasteiger partial charge in [0.05, 0.1) is 0 Å². The van der Waals surface area contributed by atoms with Crippen LogP contribution in [0, 0.1) is 12.8 Å². The van der Waals surface area contributed by atoms with Crippen molar-refractivity contribution < 1.29 is 9.59 Å². The maximum absolute atomic E-state index is 11.3. The molecule has 0 saturated heterocycles. The zero-order chi connectivity index (χ0) is 13.4. The third kappa shape index (κ3) is 3.85. The highest BCUT2D eigenvalue weighted by molar-refractivity contribution is 5.98. The van der Waals surface area contributed by atoms with Crippen LogP contribution in [0.15, 0.2) is 35.5 Å². The van der Waals surface area contributed by atoms with Crippen LogP contribution >= 0.6 is 0 Å². The molecule has 94 valence electrons. The molecule has 2 nitrogen and oxygen atoms in total. The number of carbonyl (C=O) groups excluding carboxylic acids is 2. The maximum atomic E-state index is 11.3. The summed E-state index contributed by atoms with van der Waals surface area (Å²) in [6.45, 7) is 0. The molecule has 2 aliphatic rings. The van der Waals surface area contributed by atoms with Gasteiger partial charge < -0.3 is 0 Å². The number of ketones is 2. The molecule has 0 amide bonds. The van der Waals surface area contributed by atoms with E-state index in [-0.39, 0.29) is 11.6 Å². The minimum absolute atomic E-state index is 0.279. The third-order valence-corrected chi connectivity index (χ3v) is 3.08. The van der Waals surface area contributed by atoms with Gasteiger partial charge in [-0.15, -0.1) is 12.8 Å². The molecule has 0 unspecified atom stereocenters. The number of terminal acetylenes is 1. The predicted molar refractivity (Wildman–Crippen MR) is 72.9 cm³/mol. The van der Waals surface area contributed by atoms with Crippen LogP contribution in [0.4, 0.5) is 0 Å². The molecular formula is C16H18O2. The van der Waals surface area contributed by atoms with Crippen LogP contribution in [-0.2, 0) is 9.59 Å². The Labute approximate surface area is 108 Å². The lowest BCUT2D eigenvalue weighted by Gasteiger charge is -1.95. The van der Waals surface area contributed by atoms with Gasteiger partial charge in [-0.2, -0.15) is 0 Å². The SMILES string of the molecule is C#C.O=C1CCC=C1C/C=C/CC1=CCCC1=O. The molecule has 2 heteroatoms. The molecule has 0 bridgehead atoms. The summed E-state index contributed by atoms with van der Waals surface area (Å²) in [5.74, 6) is 0.557. The van der Waals surface area contributed by atoms with Crippen molar-refractivity contribution in [3.05, 3.63) is 35.5 Å². The second kappa shape index (κ2) is 7.45. The lowest BCUT2D eigenvalue weighted by molar-refractivity contribution is -0.115. The second-order valence-corrected chi connectivity index (χ2v) is 4.26. The normalized spacial score (nSPS) is 18.6. The summed E-state index contributed by atoms with van der Waals surface area (Å²) >= 11 is 0. The molecule has 0 aromatic carbocycles. The van der Waals surface area contributed by atoms with Gasteiger partial charge in [0.1, 0.15) is 0 Å². The molecule has 2 rings (SSSR count). The van der Waals surface area contributed by atoms with Crippen LogP contribution in [0.3, 0.4) is 0 Å². The molecule has 0 saturated carbocycles. The van der Waals surface area contributed by atoms with Crippen molar-refractivity contribution in [2.45, 2.75) is 38.5 Å². The molecule has 0 radical (unpaired) electrons. The molecule has 0 aliphatic heterocycles. The largest absolute Gasteiger partial charge is 0.295 e. The van der Waals surface area contributed by atoms with E-state index in [1.165, 1.54) is 0 Å². The average Bonchev–Trinajstić information content (AvgIpc) is 2.97. The Balaban J connectivity index is 0.000000771. The standard InChI is InChI=1S/C14H16O2.C2H2/c15-13-9-3-7-11(13)5-1-2-6-12-8-4-10-14(12)16;1-2/h1-2,7-8H,3-6,9-10H2;1-2H/b2-1+;. The number of allylic oxidation sites excluding steroid dienone is 6. The van der Waals surface area contributed by atoms with Gasteiger partial charge >= 0.3 is 0 Å². The molecule has 0 fully saturated rings. The van der Waals surface area contributed by atoms with Gasteiger partial charge in [0.25, 0.3) is 0 Å². The Bertz CT molecular complexity index is 395. The number of Topliss-reactive ketones (excluding diaryl/α,β-unsaturated/α-hetero) is 2. The van der Waals surface area contributed by atoms with Crippen molar-refractivity contribution in [2.75, 3.05) is 0 Å². The van der Waals surface area contributed by atoms with Crippen LogP contribution in [0.25, 0.3) is 0 Å². The molecule has 18 heavy (non-hydrogen) atoms. The molecule has 0 heterocycles. The number of hydrogen-bond acceptors (Lipinski definition) is 2. The predicted octanol–water partition coefficient (Wildman–Crippen LogP) is 3.15. The van der Waals surface area contributed by atoms with Gasteiger partial charge in [0, 0.05) is 12.8 Å². The van der Waals surface area contributed by atoms with E-state index in [0.29, 0.717) is 12.8 Å². The van der Waals surface area contributed by atoms with Gasteiger partial charge in [-0.05, 0) is 36.8 Å². The number of hydrogen-bond donors (Lipinski definition) is 0. The van der Waals surface area contributed by atoms with Crippen molar-refractivity contribution >= 4 is 11.6 Å². The molecule has 0 spiro atoms. The van der Waals surface area contributed by atoms with E-state index in [1.807, 2.05) is 24.3 Å². The van der Waals surface area contributed by atoms with E-state index < -0.39 is 0 Å². The highest BCUT2D eigenvalue weighted by atomic mass is 16.1. The van der Waals surface area contributed by atoms with Crippen LogP contribution < -0.4 is 0 Å². The molecular weight excluding hydrogens is 224 g/mol. The smallest absolute Gasteiger partial charge is 0.159 e. The highest BCUT2D eigenvalue weighted by Crippen LogP contribution is 2.19. The molecule has 0 N–H and O–H groups in total. The van der Waals surface area contributed by atoms with Crippen LogP contribution in [0.1, 0.15) is 38.5 Å². The number of rotatable bonds is 4. The minimum atomic E-state index is 0.279. The first-order valence-electron chi connectivity index (χ1n) is 6.20. The fourth-order valence-electron chi connectivity index (χ4n) is 2.12. The van der Waals surface area contributed by atoms with Crippen LogP contribution in [0.2, 0.25) is 0 Å². The van der Waals surface area contributed by atoms with E-state index in [2.05, 4.69) is 12.8 Å². The molecule has 0 atom stereocenters. The number of carbonyl (C=O) groups is 2. The minimum Gasteiger partial charge on any atom is -0.295 e. The lowest BCUT2D eigenvalue weighted by Crippen LogP contribution is -1.95. The van der Waals surface area contributed by atoms with Crippen LogP contribution in [-0.4, -0.2) is 11.6 Å². The summed E-state index contributed by atoms with van der Waals surface area (Å²) in [5, 5.41) is 0. The van der Waals surface area contributed by atoms with Gasteiger partial charge in [0.15, 0.2) is 11.6 Å². The topological polar surface area (TPSA) is 34.1 Å². The zero-order valence-corrected chi connectivity index (χ0v) is 10.5. The first-order chi connectivity index (χ1) is 8.77. The molecule has 0 aromatic rings. The second-order valence-electron chi connectivity index (χ2n) is 4.26. The zero-order valence-electron chi connectivity index (χ0n) is 10.5. The summed E-state index contributed by atoms with van der Waals surface area (Å²) in [4.78, 5) is 22.6. The monoisotopic (exact) mass is 242 g/mol. The van der Waals surface area contributed by atoms with Crippen molar-refractivity contribution in [1.82, 2.24) is 0 Å². The molecule has 0 aromatic heterocycles. The first-order valence-corrected chi connectivity index (χ1v) is 6.20. The molecule has 2 aliphatic carbocycles. The summed E-state index contributed by atoms with van der Waals surface area (Å²) in [7, 11) is 0. The Morgan fingerprint density at radius 3 is 1.56 bits per heavy atom. The van der Waals surface area contributed by atoms with E-state index >= 15 is 0 Å². The Morgan fingerprint density at radius 2 is 1.28 bits per heavy atom. The van der Waals surface area contributed by atoms with Gasteiger partial charge in [-0.3, -0.25) is 9.59 Å². The van der Waals surface area contributed by atoms with Crippen molar-refractivity contribution in [3.8, 4) is 12.8 Å². The van der Waals surface area contributed by atoms with Crippen molar-refractivity contribution in [3.63, 3.8) is 0 Å².